The van der Waals surface area contributed by atoms with E-state index in [2.05, 4.69) is 6.07 Å². The third-order valence-corrected chi connectivity index (χ3v) is 2.59. The van der Waals surface area contributed by atoms with Crippen LogP contribution in [0.1, 0.15) is 5.56 Å². The second-order valence-corrected chi connectivity index (χ2v) is 4.26. The molecule has 0 bridgehead atoms. The maximum absolute atomic E-state index is 9.13. The zero-order valence-electron chi connectivity index (χ0n) is 10.5. The van der Waals surface area contributed by atoms with Gasteiger partial charge in [0.25, 0.3) is 0 Å². The fourth-order valence-electron chi connectivity index (χ4n) is 1.75. The van der Waals surface area contributed by atoms with E-state index in [1.54, 1.807) is 0 Å². The van der Waals surface area contributed by atoms with E-state index in [9.17, 15) is 0 Å². The molecule has 2 rings (SSSR count). The number of nitrogens with zero attached hydrogens (tertiary/aromatic N) is 3. The van der Waals surface area contributed by atoms with Crippen molar-refractivity contribution >= 4 is 5.57 Å². The first-order valence-corrected chi connectivity index (χ1v) is 5.73. The Hall–Kier alpha value is -2.47. The molecule has 1 aromatic heterocycles. The second kappa shape index (κ2) is 5.24. The van der Waals surface area contributed by atoms with Gasteiger partial charge in [-0.25, -0.2) is 0 Å². The van der Waals surface area contributed by atoms with Crippen molar-refractivity contribution < 1.29 is 0 Å². The van der Waals surface area contributed by atoms with E-state index in [4.69, 9.17) is 5.26 Å². The van der Waals surface area contributed by atoms with E-state index < -0.39 is 0 Å². The van der Waals surface area contributed by atoms with Crippen molar-refractivity contribution in [3.8, 4) is 11.8 Å². The molecule has 0 atom stereocenters. The lowest BCUT2D eigenvalue weighted by atomic mass is 10.1. The Morgan fingerprint density at radius 1 is 1.17 bits per heavy atom. The number of aromatic nitrogens is 1. The number of allylic oxidation sites excluding steroid dienone is 1. The molecule has 1 aromatic carbocycles. The molecule has 3 heteroatoms. The number of hydrogen-bond donors (Lipinski definition) is 0. The molecular weight excluding hydrogens is 222 g/mol. The van der Waals surface area contributed by atoms with E-state index in [1.807, 2.05) is 78.6 Å². The lowest BCUT2D eigenvalue weighted by molar-refractivity contribution is 0.566. The lowest BCUT2D eigenvalue weighted by Crippen LogP contribution is -2.02. The van der Waals surface area contributed by atoms with Gasteiger partial charge in [0.2, 0.25) is 0 Å². The van der Waals surface area contributed by atoms with Crippen molar-refractivity contribution in [2.24, 2.45) is 0 Å². The van der Waals surface area contributed by atoms with Crippen molar-refractivity contribution in [1.29, 1.82) is 5.26 Å². The van der Waals surface area contributed by atoms with Crippen LogP contribution < -0.4 is 0 Å². The van der Waals surface area contributed by atoms with Crippen LogP contribution in [0.2, 0.25) is 0 Å². The fraction of sp³-hybridized carbons (Fsp3) is 0.133. The first-order chi connectivity index (χ1) is 8.70. The summed E-state index contributed by atoms with van der Waals surface area (Å²) in [5, 5.41) is 9.13. The molecule has 0 saturated carbocycles. The quantitative estimate of drug-likeness (QED) is 0.769. The summed E-state index contributed by atoms with van der Waals surface area (Å²) in [5.41, 5.74) is 2.69. The SMILES string of the molecule is CN(C)/C=C(\C#N)c1ccc(-n2cccc2)cc1. The Bertz CT molecular complexity index is 569. The molecule has 0 amide bonds. The van der Waals surface area contributed by atoms with Crippen molar-refractivity contribution in [2.75, 3.05) is 14.1 Å². The molecule has 0 aliphatic rings. The highest BCUT2D eigenvalue weighted by molar-refractivity contribution is 5.76. The molecule has 0 unspecified atom stereocenters. The molecule has 3 nitrogen and oxygen atoms in total. The van der Waals surface area contributed by atoms with Gasteiger partial charge in [0.1, 0.15) is 6.07 Å². The molecule has 90 valence electrons. The Morgan fingerprint density at radius 3 is 2.28 bits per heavy atom. The van der Waals surface area contributed by atoms with Gasteiger partial charge in [0.05, 0.1) is 5.57 Å². The second-order valence-electron chi connectivity index (χ2n) is 4.26. The van der Waals surface area contributed by atoms with Crippen LogP contribution >= 0.6 is 0 Å². The summed E-state index contributed by atoms with van der Waals surface area (Å²) in [6, 6.07) is 14.1. The Labute approximate surface area is 107 Å². The number of hydrogen-bond acceptors (Lipinski definition) is 2. The average molecular weight is 237 g/mol. The lowest BCUT2D eigenvalue weighted by Gasteiger charge is -2.08. The first-order valence-electron chi connectivity index (χ1n) is 5.73. The average Bonchev–Trinajstić information content (AvgIpc) is 2.90. The van der Waals surface area contributed by atoms with Gasteiger partial charge in [-0.15, -0.1) is 0 Å². The minimum absolute atomic E-state index is 0.666. The predicted molar refractivity (Wildman–Crippen MR) is 73.0 cm³/mol. The van der Waals surface area contributed by atoms with Crippen LogP contribution in [-0.4, -0.2) is 23.6 Å². The molecule has 1 heterocycles. The summed E-state index contributed by atoms with van der Waals surface area (Å²) < 4.78 is 2.03. The first kappa shape index (κ1) is 12.0. The number of rotatable bonds is 3. The van der Waals surface area contributed by atoms with Crippen LogP contribution in [0.25, 0.3) is 11.3 Å². The summed E-state index contributed by atoms with van der Waals surface area (Å²) in [6.07, 6.45) is 5.82. The normalized spacial score (nSPS) is 11.1. The van der Waals surface area contributed by atoms with Crippen molar-refractivity contribution in [2.45, 2.75) is 0 Å². The summed E-state index contributed by atoms with van der Waals surface area (Å²) in [4.78, 5) is 1.87. The van der Waals surface area contributed by atoms with Gasteiger partial charge in [-0.2, -0.15) is 5.26 Å². The maximum atomic E-state index is 9.13. The fourth-order valence-corrected chi connectivity index (χ4v) is 1.75. The number of nitriles is 1. The minimum Gasteiger partial charge on any atom is -0.382 e. The van der Waals surface area contributed by atoms with Gasteiger partial charge < -0.3 is 9.47 Å². The molecule has 0 N–H and O–H groups in total. The van der Waals surface area contributed by atoms with Gasteiger partial charge >= 0.3 is 0 Å². The van der Waals surface area contributed by atoms with Crippen LogP contribution in [0.3, 0.4) is 0 Å². The highest BCUT2D eigenvalue weighted by Gasteiger charge is 2.01. The smallest absolute Gasteiger partial charge is 0.101 e. The molecule has 0 aliphatic carbocycles. The third-order valence-electron chi connectivity index (χ3n) is 2.59. The minimum atomic E-state index is 0.666. The van der Waals surface area contributed by atoms with Crippen molar-refractivity contribution in [1.82, 2.24) is 9.47 Å². The molecule has 0 saturated heterocycles. The van der Waals surface area contributed by atoms with Crippen LogP contribution in [0.5, 0.6) is 0 Å². The third kappa shape index (κ3) is 2.61. The summed E-state index contributed by atoms with van der Waals surface area (Å²) in [6.45, 7) is 0. The maximum Gasteiger partial charge on any atom is 0.101 e. The molecule has 0 fully saturated rings. The summed E-state index contributed by atoms with van der Waals surface area (Å²) in [7, 11) is 3.82. The van der Waals surface area contributed by atoms with E-state index in [0.29, 0.717) is 5.57 Å². The monoisotopic (exact) mass is 237 g/mol. The Balaban J connectivity index is 2.31. The molecule has 0 radical (unpaired) electrons. The van der Waals surface area contributed by atoms with Gasteiger partial charge in [-0.05, 0) is 29.8 Å². The standard InChI is InChI=1S/C15H15N3/c1-17(2)12-14(11-16)13-5-7-15(8-6-13)18-9-3-4-10-18/h3-10,12H,1-2H3/b14-12+. The van der Waals surface area contributed by atoms with Crippen molar-refractivity contribution in [3.63, 3.8) is 0 Å². The van der Waals surface area contributed by atoms with Gasteiger partial charge in [0.15, 0.2) is 0 Å². The van der Waals surface area contributed by atoms with Gasteiger partial charge in [-0.1, -0.05) is 12.1 Å². The van der Waals surface area contributed by atoms with E-state index in [-0.39, 0.29) is 0 Å². The summed E-state index contributed by atoms with van der Waals surface area (Å²) in [5.74, 6) is 0. The number of benzene rings is 1. The zero-order chi connectivity index (χ0) is 13.0. The van der Waals surface area contributed by atoms with E-state index in [1.165, 1.54) is 0 Å². The zero-order valence-corrected chi connectivity index (χ0v) is 10.5. The Kier molecular flexibility index (Phi) is 3.49. The van der Waals surface area contributed by atoms with E-state index >= 15 is 0 Å². The van der Waals surface area contributed by atoms with Gasteiger partial charge in [0, 0.05) is 38.4 Å². The summed E-state index contributed by atoms with van der Waals surface area (Å²) >= 11 is 0. The molecule has 2 aromatic rings. The molecule has 0 spiro atoms. The van der Waals surface area contributed by atoms with Crippen molar-refractivity contribution in [3.05, 3.63) is 60.6 Å². The van der Waals surface area contributed by atoms with Crippen LogP contribution in [0.15, 0.2) is 55.0 Å². The largest absolute Gasteiger partial charge is 0.382 e. The molecular formula is C15H15N3. The molecule has 18 heavy (non-hydrogen) atoms. The molecule has 0 aliphatic heterocycles. The predicted octanol–water partition coefficient (Wildman–Crippen LogP) is 2.90. The highest BCUT2D eigenvalue weighted by atomic mass is 15.0. The van der Waals surface area contributed by atoms with E-state index in [0.717, 1.165) is 11.3 Å². The topological polar surface area (TPSA) is 32.0 Å². The highest BCUT2D eigenvalue weighted by Crippen LogP contribution is 2.17. The Morgan fingerprint density at radius 2 is 1.78 bits per heavy atom. The van der Waals surface area contributed by atoms with Crippen LogP contribution in [-0.2, 0) is 0 Å². The van der Waals surface area contributed by atoms with Gasteiger partial charge in [-0.3, -0.25) is 0 Å². The van der Waals surface area contributed by atoms with Crippen LogP contribution in [0.4, 0.5) is 0 Å². The van der Waals surface area contributed by atoms with Crippen LogP contribution in [0, 0.1) is 11.3 Å².